The molecule has 17 heavy (non-hydrogen) atoms. The average Bonchev–Trinajstić information content (AvgIpc) is 2.25. The van der Waals surface area contributed by atoms with Gasteiger partial charge in [-0.25, -0.2) is 0 Å². The summed E-state index contributed by atoms with van der Waals surface area (Å²) in [7, 11) is 0. The van der Waals surface area contributed by atoms with E-state index in [4.69, 9.17) is 5.73 Å². The van der Waals surface area contributed by atoms with Crippen molar-refractivity contribution < 1.29 is 13.2 Å². The molecule has 0 unspecified atom stereocenters. The molecular formula is C10H15F3N4. The van der Waals surface area contributed by atoms with Gasteiger partial charge in [0.2, 0.25) is 0 Å². The van der Waals surface area contributed by atoms with Gasteiger partial charge >= 0.3 is 6.18 Å². The van der Waals surface area contributed by atoms with Gasteiger partial charge in [0.1, 0.15) is 6.54 Å². The standard InChI is InChI=1S/C10H15F3N4/c1-7(2)17(6-10(11,12)13)9-4-3-8(5-14)15-16-9/h3-4,7H,5-6,14H2,1-2H3. The molecule has 0 amide bonds. The lowest BCUT2D eigenvalue weighted by molar-refractivity contribution is -0.120. The lowest BCUT2D eigenvalue weighted by Crippen LogP contribution is -2.39. The van der Waals surface area contributed by atoms with Crippen molar-refractivity contribution >= 4 is 5.82 Å². The highest BCUT2D eigenvalue weighted by Crippen LogP contribution is 2.22. The van der Waals surface area contributed by atoms with Crippen molar-refractivity contribution in [2.45, 2.75) is 32.6 Å². The Bertz CT molecular complexity index is 348. The number of aromatic nitrogens is 2. The number of rotatable bonds is 4. The van der Waals surface area contributed by atoms with Gasteiger partial charge < -0.3 is 10.6 Å². The highest BCUT2D eigenvalue weighted by Gasteiger charge is 2.32. The van der Waals surface area contributed by atoms with Gasteiger partial charge in [-0.15, -0.1) is 5.10 Å². The van der Waals surface area contributed by atoms with Crippen LogP contribution >= 0.6 is 0 Å². The fourth-order valence-electron chi connectivity index (χ4n) is 1.34. The summed E-state index contributed by atoms with van der Waals surface area (Å²) in [6.07, 6.45) is -4.27. The first kappa shape index (κ1) is 13.7. The summed E-state index contributed by atoms with van der Waals surface area (Å²) in [5.74, 6) is 0.203. The number of anilines is 1. The van der Waals surface area contributed by atoms with Gasteiger partial charge in [-0.1, -0.05) is 0 Å². The van der Waals surface area contributed by atoms with Crippen LogP contribution < -0.4 is 10.6 Å². The van der Waals surface area contributed by atoms with Crippen LogP contribution in [0.1, 0.15) is 19.5 Å². The van der Waals surface area contributed by atoms with E-state index >= 15 is 0 Å². The van der Waals surface area contributed by atoms with E-state index in [1.807, 2.05) is 0 Å². The molecule has 0 saturated carbocycles. The lowest BCUT2D eigenvalue weighted by Gasteiger charge is -2.28. The Labute approximate surface area is 97.6 Å². The highest BCUT2D eigenvalue weighted by atomic mass is 19.4. The summed E-state index contributed by atoms with van der Waals surface area (Å²) in [6.45, 7) is 2.52. The van der Waals surface area contributed by atoms with E-state index < -0.39 is 12.7 Å². The van der Waals surface area contributed by atoms with Crippen molar-refractivity contribution in [2.75, 3.05) is 11.4 Å². The molecule has 0 atom stereocenters. The molecule has 96 valence electrons. The van der Waals surface area contributed by atoms with Gasteiger partial charge in [0.05, 0.1) is 5.69 Å². The van der Waals surface area contributed by atoms with Crippen molar-refractivity contribution in [1.29, 1.82) is 0 Å². The van der Waals surface area contributed by atoms with Crippen LogP contribution in [0.3, 0.4) is 0 Å². The first-order valence-electron chi connectivity index (χ1n) is 5.19. The second kappa shape index (κ2) is 5.31. The second-order valence-corrected chi connectivity index (χ2v) is 3.92. The first-order valence-corrected chi connectivity index (χ1v) is 5.19. The van der Waals surface area contributed by atoms with Gasteiger partial charge in [0, 0.05) is 12.6 Å². The molecule has 0 radical (unpaired) electrons. The molecule has 1 rings (SSSR count). The smallest absolute Gasteiger partial charge is 0.344 e. The van der Waals surface area contributed by atoms with Crippen LogP contribution in [0, 0.1) is 0 Å². The molecule has 0 saturated heterocycles. The Morgan fingerprint density at radius 3 is 2.29 bits per heavy atom. The van der Waals surface area contributed by atoms with Gasteiger partial charge in [-0.05, 0) is 26.0 Å². The molecular weight excluding hydrogens is 233 g/mol. The van der Waals surface area contributed by atoms with Crippen molar-refractivity contribution in [3.8, 4) is 0 Å². The van der Waals surface area contributed by atoms with Crippen LogP contribution in [0.15, 0.2) is 12.1 Å². The van der Waals surface area contributed by atoms with E-state index in [2.05, 4.69) is 10.2 Å². The fraction of sp³-hybridized carbons (Fsp3) is 0.600. The maximum atomic E-state index is 12.4. The van der Waals surface area contributed by atoms with Gasteiger partial charge in [0.25, 0.3) is 0 Å². The second-order valence-electron chi connectivity index (χ2n) is 3.92. The van der Waals surface area contributed by atoms with Crippen LogP contribution in [-0.2, 0) is 6.54 Å². The molecule has 0 bridgehead atoms. The molecule has 0 fully saturated rings. The fourth-order valence-corrected chi connectivity index (χ4v) is 1.34. The molecule has 7 heteroatoms. The van der Waals surface area contributed by atoms with E-state index in [0.29, 0.717) is 5.69 Å². The quantitative estimate of drug-likeness (QED) is 0.881. The number of halogens is 3. The maximum Gasteiger partial charge on any atom is 0.405 e. The van der Waals surface area contributed by atoms with E-state index in [1.165, 1.54) is 6.07 Å². The summed E-state index contributed by atoms with van der Waals surface area (Å²) < 4.78 is 37.2. The number of nitrogens with two attached hydrogens (primary N) is 1. The van der Waals surface area contributed by atoms with Gasteiger partial charge in [-0.2, -0.15) is 18.3 Å². The van der Waals surface area contributed by atoms with Crippen LogP contribution in [-0.4, -0.2) is 29.0 Å². The molecule has 0 spiro atoms. The first-order chi connectivity index (χ1) is 7.83. The molecule has 1 aromatic heterocycles. The minimum Gasteiger partial charge on any atom is -0.344 e. The average molecular weight is 248 g/mol. The molecule has 4 nitrogen and oxygen atoms in total. The van der Waals surface area contributed by atoms with Crippen LogP contribution in [0.25, 0.3) is 0 Å². The van der Waals surface area contributed by atoms with E-state index in [0.717, 1.165) is 4.90 Å². The predicted octanol–water partition coefficient (Wildman–Crippen LogP) is 1.71. The zero-order valence-electron chi connectivity index (χ0n) is 9.70. The normalized spacial score (nSPS) is 11.9. The third kappa shape index (κ3) is 4.18. The van der Waals surface area contributed by atoms with E-state index in [-0.39, 0.29) is 18.4 Å². The molecule has 0 aromatic carbocycles. The Morgan fingerprint density at radius 2 is 1.94 bits per heavy atom. The van der Waals surface area contributed by atoms with Gasteiger partial charge in [0.15, 0.2) is 5.82 Å². The number of hydrogen-bond acceptors (Lipinski definition) is 4. The Hall–Kier alpha value is -1.37. The number of nitrogens with zero attached hydrogens (tertiary/aromatic N) is 3. The summed E-state index contributed by atoms with van der Waals surface area (Å²) in [5, 5.41) is 7.50. The Morgan fingerprint density at radius 1 is 1.29 bits per heavy atom. The molecule has 1 heterocycles. The third-order valence-electron chi connectivity index (χ3n) is 2.18. The molecule has 0 aliphatic rings. The number of alkyl halides is 3. The third-order valence-corrected chi connectivity index (χ3v) is 2.18. The predicted molar refractivity (Wildman–Crippen MR) is 58.5 cm³/mol. The van der Waals surface area contributed by atoms with Crippen LogP contribution in [0.5, 0.6) is 0 Å². The number of hydrogen-bond donors (Lipinski definition) is 1. The van der Waals surface area contributed by atoms with E-state index in [9.17, 15) is 13.2 Å². The van der Waals surface area contributed by atoms with Crippen LogP contribution in [0.4, 0.5) is 19.0 Å². The minimum absolute atomic E-state index is 0.203. The van der Waals surface area contributed by atoms with Crippen molar-refractivity contribution in [2.24, 2.45) is 5.73 Å². The maximum absolute atomic E-state index is 12.4. The Kier molecular flexibility index (Phi) is 4.28. The summed E-state index contributed by atoms with van der Waals surface area (Å²) in [4.78, 5) is 1.15. The highest BCUT2D eigenvalue weighted by molar-refractivity contribution is 5.38. The minimum atomic E-state index is -4.27. The van der Waals surface area contributed by atoms with Gasteiger partial charge in [-0.3, -0.25) is 0 Å². The van der Waals surface area contributed by atoms with Crippen molar-refractivity contribution in [1.82, 2.24) is 10.2 Å². The summed E-state index contributed by atoms with van der Waals surface area (Å²) in [6, 6.07) is 2.77. The lowest BCUT2D eigenvalue weighted by atomic mass is 10.3. The van der Waals surface area contributed by atoms with Crippen molar-refractivity contribution in [3.05, 3.63) is 17.8 Å². The SMILES string of the molecule is CC(C)N(CC(F)(F)F)c1ccc(CN)nn1. The molecule has 0 aliphatic carbocycles. The Balaban J connectivity index is 2.89. The van der Waals surface area contributed by atoms with Crippen molar-refractivity contribution in [3.63, 3.8) is 0 Å². The van der Waals surface area contributed by atoms with Crippen LogP contribution in [0.2, 0.25) is 0 Å². The largest absolute Gasteiger partial charge is 0.405 e. The molecule has 0 aliphatic heterocycles. The monoisotopic (exact) mass is 248 g/mol. The zero-order valence-corrected chi connectivity index (χ0v) is 9.70. The summed E-state index contributed by atoms with van der Waals surface area (Å²) in [5.41, 5.74) is 5.89. The zero-order chi connectivity index (χ0) is 13.1. The molecule has 2 N–H and O–H groups in total. The van der Waals surface area contributed by atoms with E-state index in [1.54, 1.807) is 19.9 Å². The summed E-state index contributed by atoms with van der Waals surface area (Å²) >= 11 is 0. The molecule has 1 aromatic rings. The topological polar surface area (TPSA) is 55.0 Å².